The van der Waals surface area contributed by atoms with E-state index in [9.17, 15) is 0 Å². The topological polar surface area (TPSA) is 41.6 Å². The van der Waals surface area contributed by atoms with Crippen LogP contribution in [0.1, 0.15) is 36.8 Å². The molecular formula is C9H11N3S. The molecule has 0 spiro atoms. The first-order valence-corrected chi connectivity index (χ1v) is 5.47. The zero-order valence-electron chi connectivity index (χ0n) is 7.74. The second-order valence-electron chi connectivity index (χ2n) is 3.42. The average Bonchev–Trinajstić information content (AvgIpc) is 2.61. The molecule has 13 heavy (non-hydrogen) atoms. The monoisotopic (exact) mass is 193 g/mol. The summed E-state index contributed by atoms with van der Waals surface area (Å²) >= 11 is 1.86. The molecule has 0 unspecified atom stereocenters. The van der Waals surface area contributed by atoms with Crippen LogP contribution in [0.15, 0.2) is 0 Å². The summed E-state index contributed by atoms with van der Waals surface area (Å²) in [5.74, 6) is 1.95. The molecule has 0 atom stereocenters. The third-order valence-electron chi connectivity index (χ3n) is 2.20. The zero-order valence-corrected chi connectivity index (χ0v) is 8.56. The summed E-state index contributed by atoms with van der Waals surface area (Å²) in [5.41, 5.74) is 3.02. The van der Waals surface area contributed by atoms with E-state index in [0.717, 1.165) is 17.1 Å². The van der Waals surface area contributed by atoms with Crippen molar-refractivity contribution < 1.29 is 0 Å². The number of nitriles is 1. The quantitative estimate of drug-likeness (QED) is 0.685. The lowest BCUT2D eigenvalue weighted by Gasteiger charge is -2.07. The van der Waals surface area contributed by atoms with Crippen LogP contribution in [-0.4, -0.2) is 9.78 Å². The van der Waals surface area contributed by atoms with Crippen molar-refractivity contribution in [2.24, 2.45) is 0 Å². The van der Waals surface area contributed by atoms with Gasteiger partial charge in [0.05, 0.1) is 5.69 Å². The Kier molecular flexibility index (Phi) is 2.04. The Balaban J connectivity index is 2.56. The van der Waals surface area contributed by atoms with Gasteiger partial charge in [-0.05, 0) is 13.8 Å². The molecule has 0 radical (unpaired) electrons. The number of hydrogen-bond acceptors (Lipinski definition) is 3. The molecule has 3 nitrogen and oxygen atoms in total. The molecule has 68 valence electrons. The maximum absolute atomic E-state index is 8.86. The lowest BCUT2D eigenvalue weighted by atomic mass is 10.2. The van der Waals surface area contributed by atoms with Gasteiger partial charge >= 0.3 is 0 Å². The van der Waals surface area contributed by atoms with E-state index in [1.807, 2.05) is 16.4 Å². The molecule has 1 aliphatic rings. The summed E-state index contributed by atoms with van der Waals surface area (Å²) < 4.78 is 1.98. The molecule has 0 fully saturated rings. The maximum atomic E-state index is 8.86. The van der Waals surface area contributed by atoms with Gasteiger partial charge in [-0.2, -0.15) is 22.1 Å². The first-order chi connectivity index (χ1) is 6.24. The Labute approximate surface area is 81.7 Å². The normalized spacial score (nSPS) is 14.6. The van der Waals surface area contributed by atoms with E-state index in [1.54, 1.807) is 0 Å². The zero-order chi connectivity index (χ0) is 9.42. The van der Waals surface area contributed by atoms with Gasteiger partial charge in [0.1, 0.15) is 6.07 Å². The van der Waals surface area contributed by atoms with Gasteiger partial charge in [-0.25, -0.2) is 0 Å². The fourth-order valence-electron chi connectivity index (χ4n) is 1.58. The van der Waals surface area contributed by atoms with E-state index in [2.05, 4.69) is 25.0 Å². The minimum absolute atomic E-state index is 0.356. The van der Waals surface area contributed by atoms with E-state index < -0.39 is 0 Å². The van der Waals surface area contributed by atoms with Crippen molar-refractivity contribution in [2.75, 3.05) is 0 Å². The molecule has 2 rings (SSSR count). The van der Waals surface area contributed by atoms with E-state index in [0.29, 0.717) is 11.7 Å². The first kappa shape index (κ1) is 8.64. The van der Waals surface area contributed by atoms with E-state index in [1.165, 1.54) is 5.69 Å². The van der Waals surface area contributed by atoms with Crippen molar-refractivity contribution in [1.82, 2.24) is 9.78 Å². The first-order valence-electron chi connectivity index (χ1n) is 4.32. The summed E-state index contributed by atoms with van der Waals surface area (Å²) in [6.07, 6.45) is 0. The van der Waals surface area contributed by atoms with Crippen molar-refractivity contribution in [3.05, 3.63) is 17.0 Å². The maximum Gasteiger partial charge on any atom is 0.166 e. The van der Waals surface area contributed by atoms with Crippen LogP contribution in [0.4, 0.5) is 0 Å². The number of nitrogens with zero attached hydrogens (tertiary/aromatic N) is 3. The molecule has 0 N–H and O–H groups in total. The SMILES string of the molecule is CC(C)n1nc(C#N)c2c1CSC2. The third kappa shape index (κ3) is 1.24. The Hall–Kier alpha value is -0.950. The molecule has 1 aromatic heterocycles. The van der Waals surface area contributed by atoms with Crippen molar-refractivity contribution in [3.8, 4) is 6.07 Å². The predicted molar refractivity (Wildman–Crippen MR) is 52.3 cm³/mol. The van der Waals surface area contributed by atoms with Gasteiger partial charge in [0.2, 0.25) is 0 Å². The van der Waals surface area contributed by atoms with Gasteiger partial charge in [-0.1, -0.05) is 0 Å². The van der Waals surface area contributed by atoms with Gasteiger partial charge in [-0.3, -0.25) is 4.68 Å². The smallest absolute Gasteiger partial charge is 0.166 e. The molecule has 0 saturated heterocycles. The van der Waals surface area contributed by atoms with Crippen LogP contribution in [0.25, 0.3) is 0 Å². The molecule has 2 heterocycles. The fraction of sp³-hybridized carbons (Fsp3) is 0.556. The van der Waals surface area contributed by atoms with E-state index in [-0.39, 0.29) is 0 Å². The van der Waals surface area contributed by atoms with Crippen LogP contribution in [-0.2, 0) is 11.5 Å². The van der Waals surface area contributed by atoms with Crippen molar-refractivity contribution in [3.63, 3.8) is 0 Å². The van der Waals surface area contributed by atoms with Crippen molar-refractivity contribution in [1.29, 1.82) is 5.26 Å². The number of aromatic nitrogens is 2. The summed E-state index contributed by atoms with van der Waals surface area (Å²) in [6, 6.07) is 2.51. The standard InChI is InChI=1S/C9H11N3S/c1-6(2)12-9-5-13-4-7(9)8(3-10)11-12/h6H,4-5H2,1-2H3. The molecular weight excluding hydrogens is 182 g/mol. The molecule has 0 aromatic carbocycles. The molecule has 0 aliphatic carbocycles. The number of fused-ring (bicyclic) bond motifs is 1. The summed E-state index contributed by atoms with van der Waals surface area (Å²) in [5, 5.41) is 13.2. The Morgan fingerprint density at radius 2 is 2.31 bits per heavy atom. The minimum Gasteiger partial charge on any atom is -0.265 e. The van der Waals surface area contributed by atoms with E-state index in [4.69, 9.17) is 5.26 Å². The summed E-state index contributed by atoms with van der Waals surface area (Å²) in [4.78, 5) is 0. The van der Waals surface area contributed by atoms with Gasteiger partial charge in [0.15, 0.2) is 5.69 Å². The van der Waals surface area contributed by atoms with Crippen LogP contribution in [0.3, 0.4) is 0 Å². The highest BCUT2D eigenvalue weighted by molar-refractivity contribution is 7.98. The van der Waals surface area contributed by atoms with Crippen LogP contribution in [0.2, 0.25) is 0 Å². The second-order valence-corrected chi connectivity index (χ2v) is 4.40. The minimum atomic E-state index is 0.356. The van der Waals surface area contributed by atoms with Crippen LogP contribution in [0.5, 0.6) is 0 Å². The summed E-state index contributed by atoms with van der Waals surface area (Å²) in [7, 11) is 0. The third-order valence-corrected chi connectivity index (χ3v) is 3.17. The average molecular weight is 193 g/mol. The highest BCUT2D eigenvalue weighted by Crippen LogP contribution is 2.33. The lowest BCUT2D eigenvalue weighted by molar-refractivity contribution is 0.516. The van der Waals surface area contributed by atoms with Crippen LogP contribution >= 0.6 is 11.8 Å². The molecule has 0 saturated carbocycles. The van der Waals surface area contributed by atoms with Gasteiger partial charge < -0.3 is 0 Å². The van der Waals surface area contributed by atoms with Crippen LogP contribution < -0.4 is 0 Å². The molecule has 1 aliphatic heterocycles. The van der Waals surface area contributed by atoms with Crippen LogP contribution in [0, 0.1) is 11.3 Å². The van der Waals surface area contributed by atoms with Gasteiger partial charge in [0.25, 0.3) is 0 Å². The molecule has 0 bridgehead atoms. The number of rotatable bonds is 1. The Morgan fingerprint density at radius 3 is 2.92 bits per heavy atom. The highest BCUT2D eigenvalue weighted by Gasteiger charge is 2.23. The van der Waals surface area contributed by atoms with Crippen molar-refractivity contribution >= 4 is 11.8 Å². The summed E-state index contributed by atoms with van der Waals surface area (Å²) in [6.45, 7) is 4.19. The largest absolute Gasteiger partial charge is 0.265 e. The molecule has 0 amide bonds. The highest BCUT2D eigenvalue weighted by atomic mass is 32.2. The number of hydrogen-bond donors (Lipinski definition) is 0. The Bertz CT molecular complexity index is 373. The van der Waals surface area contributed by atoms with E-state index >= 15 is 0 Å². The number of thioether (sulfide) groups is 1. The molecule has 1 aromatic rings. The predicted octanol–water partition coefficient (Wildman–Crippen LogP) is 2.08. The molecule has 4 heteroatoms. The second kappa shape index (κ2) is 3.08. The van der Waals surface area contributed by atoms with Gasteiger partial charge in [-0.15, -0.1) is 0 Å². The van der Waals surface area contributed by atoms with Gasteiger partial charge in [0, 0.05) is 23.1 Å². The Morgan fingerprint density at radius 1 is 1.54 bits per heavy atom. The fourth-order valence-corrected chi connectivity index (χ4v) is 2.68. The lowest BCUT2D eigenvalue weighted by Crippen LogP contribution is -2.06. The van der Waals surface area contributed by atoms with Crippen molar-refractivity contribution in [2.45, 2.75) is 31.4 Å².